The van der Waals surface area contributed by atoms with E-state index >= 15 is 0 Å². The monoisotopic (exact) mass is 353 g/mol. The van der Waals surface area contributed by atoms with Gasteiger partial charge in [0.25, 0.3) is 0 Å². The largest absolute Gasteiger partial charge is 0.294 e. The van der Waals surface area contributed by atoms with E-state index in [1.54, 1.807) is 18.3 Å². The second kappa shape index (κ2) is 7.85. The Kier molecular flexibility index (Phi) is 6.03. The van der Waals surface area contributed by atoms with Crippen molar-refractivity contribution in [2.24, 2.45) is 16.3 Å². The summed E-state index contributed by atoms with van der Waals surface area (Å²) in [6.07, 6.45) is 9.93. The van der Waals surface area contributed by atoms with E-state index in [-0.39, 0.29) is 17.1 Å². The van der Waals surface area contributed by atoms with Crippen LogP contribution in [0.1, 0.15) is 44.5 Å². The van der Waals surface area contributed by atoms with Crippen LogP contribution in [0.2, 0.25) is 5.02 Å². The summed E-state index contributed by atoms with van der Waals surface area (Å²) in [4.78, 5) is 17.6. The summed E-state index contributed by atoms with van der Waals surface area (Å²) >= 11 is 6.23. The van der Waals surface area contributed by atoms with Crippen LogP contribution in [0.4, 0.5) is 0 Å². The van der Waals surface area contributed by atoms with Crippen LogP contribution in [0.25, 0.3) is 0 Å². The van der Waals surface area contributed by atoms with Gasteiger partial charge in [0.05, 0.1) is 16.5 Å². The van der Waals surface area contributed by atoms with Crippen LogP contribution in [0.3, 0.4) is 0 Å². The van der Waals surface area contributed by atoms with Crippen molar-refractivity contribution in [2.75, 3.05) is 0 Å². The number of hydrogen-bond donors (Lipinski definition) is 0. The first-order chi connectivity index (χ1) is 11.7. The fourth-order valence-corrected chi connectivity index (χ4v) is 2.90. The quantitative estimate of drug-likeness (QED) is 0.505. The minimum atomic E-state index is -0.557. The van der Waals surface area contributed by atoms with Crippen molar-refractivity contribution < 1.29 is 4.79 Å². The number of nitrogens with zero attached hydrogens (tertiary/aromatic N) is 1. The van der Waals surface area contributed by atoms with Crippen LogP contribution < -0.4 is 0 Å². The van der Waals surface area contributed by atoms with Gasteiger partial charge in [-0.25, -0.2) is 0 Å². The van der Waals surface area contributed by atoms with Crippen molar-refractivity contribution in [3.63, 3.8) is 0 Å². The Hall–Kier alpha value is -2.11. The van der Waals surface area contributed by atoms with Gasteiger partial charge in [0, 0.05) is 17.2 Å². The molecule has 3 heteroatoms. The Bertz CT molecular complexity index is 772. The Balaban J connectivity index is 2.26. The fourth-order valence-electron chi connectivity index (χ4n) is 2.67. The van der Waals surface area contributed by atoms with Crippen molar-refractivity contribution in [1.82, 2.24) is 0 Å². The lowest BCUT2D eigenvalue weighted by Crippen LogP contribution is -2.35. The number of aliphatic imine (C=N–C) groups is 1. The van der Waals surface area contributed by atoms with E-state index in [0.717, 1.165) is 0 Å². The van der Waals surface area contributed by atoms with Crippen LogP contribution in [-0.4, -0.2) is 17.5 Å². The Morgan fingerprint density at radius 3 is 2.68 bits per heavy atom. The van der Waals surface area contributed by atoms with Gasteiger partial charge in [-0.3, -0.25) is 9.79 Å². The van der Waals surface area contributed by atoms with Gasteiger partial charge in [-0.05, 0) is 58.4 Å². The van der Waals surface area contributed by atoms with Crippen LogP contribution in [0, 0.1) is 23.2 Å². The van der Waals surface area contributed by atoms with E-state index in [2.05, 4.69) is 37.6 Å². The molecule has 1 heterocycles. The number of hydrogen-bond acceptors (Lipinski definition) is 2. The zero-order chi connectivity index (χ0) is 18.5. The molecule has 0 amide bonds. The first-order valence-electron chi connectivity index (χ1n) is 8.42. The van der Waals surface area contributed by atoms with Gasteiger partial charge >= 0.3 is 0 Å². The third kappa shape index (κ3) is 5.18. The summed E-state index contributed by atoms with van der Waals surface area (Å²) in [6.45, 7) is 8.17. The molecule has 1 aliphatic heterocycles. The smallest absolute Gasteiger partial charge is 0.170 e. The Morgan fingerprint density at radius 2 is 2.08 bits per heavy atom. The van der Waals surface area contributed by atoms with Crippen LogP contribution >= 0.6 is 11.6 Å². The van der Waals surface area contributed by atoms with Crippen LogP contribution in [-0.2, 0) is 0 Å². The predicted molar refractivity (Wildman–Crippen MR) is 106 cm³/mol. The van der Waals surface area contributed by atoms with Gasteiger partial charge in [0.2, 0.25) is 0 Å². The molecule has 2 unspecified atom stereocenters. The molecule has 0 radical (unpaired) electrons. The first kappa shape index (κ1) is 19.2. The second-order valence-corrected chi connectivity index (χ2v) is 7.82. The molecule has 0 aromatic heterocycles. The zero-order valence-electron chi connectivity index (χ0n) is 15.2. The molecule has 1 aliphatic rings. The molecule has 130 valence electrons. The molecule has 0 bridgehead atoms. The van der Waals surface area contributed by atoms with Crippen molar-refractivity contribution in [2.45, 2.75) is 39.7 Å². The number of carbonyl (C=O) groups excluding carboxylic acids is 1. The van der Waals surface area contributed by atoms with Crippen molar-refractivity contribution in [1.29, 1.82) is 0 Å². The molecule has 2 rings (SSSR count). The maximum Gasteiger partial charge on any atom is 0.170 e. The summed E-state index contributed by atoms with van der Waals surface area (Å²) in [5.74, 6) is 5.89. The molecule has 0 saturated heterocycles. The average molecular weight is 354 g/mol. The first-order valence-corrected chi connectivity index (χ1v) is 8.80. The number of benzene rings is 1. The molecule has 25 heavy (non-hydrogen) atoms. The van der Waals surface area contributed by atoms with E-state index in [4.69, 9.17) is 11.6 Å². The van der Waals surface area contributed by atoms with Crippen molar-refractivity contribution >= 4 is 23.6 Å². The summed E-state index contributed by atoms with van der Waals surface area (Å²) in [5, 5.41) is 0.476. The van der Waals surface area contributed by atoms with Crippen LogP contribution in [0.5, 0.6) is 0 Å². The normalized spacial score (nSPS) is 20.5. The lowest BCUT2D eigenvalue weighted by molar-refractivity contribution is 0.0884. The van der Waals surface area contributed by atoms with Gasteiger partial charge in [-0.2, -0.15) is 0 Å². The van der Waals surface area contributed by atoms with Gasteiger partial charge in [0.1, 0.15) is 0 Å². The van der Waals surface area contributed by atoms with Gasteiger partial charge < -0.3 is 0 Å². The highest BCUT2D eigenvalue weighted by Gasteiger charge is 2.37. The molecular weight excluding hydrogens is 330 g/mol. The Morgan fingerprint density at radius 1 is 1.36 bits per heavy atom. The number of carbonyl (C=O) groups is 1. The summed E-state index contributed by atoms with van der Waals surface area (Å²) in [5.41, 5.74) is -0.0559. The lowest BCUT2D eigenvalue weighted by Gasteiger charge is -2.28. The van der Waals surface area contributed by atoms with Crippen molar-refractivity contribution in [3.8, 4) is 11.8 Å². The standard InChI is InChI=1S/C22H24ClNO/c1-21(2,3)14-9-5-6-12-18(22(4)15-10-16-24-22)20(25)17-11-7-8-13-19(17)23/h5-8,10-11,13,15-16,18H,12H2,1-4H3. The number of halogens is 1. The van der Waals surface area contributed by atoms with E-state index < -0.39 is 5.54 Å². The highest BCUT2D eigenvalue weighted by molar-refractivity contribution is 6.34. The molecular formula is C22H24ClNO. The van der Waals surface area contributed by atoms with E-state index in [1.807, 2.05) is 43.4 Å². The number of allylic oxidation sites excluding steroid dienone is 3. The predicted octanol–water partition coefficient (Wildman–Crippen LogP) is 5.53. The molecule has 0 aliphatic carbocycles. The molecule has 2 nitrogen and oxygen atoms in total. The number of rotatable bonds is 5. The van der Waals surface area contributed by atoms with E-state index in [0.29, 0.717) is 17.0 Å². The third-order valence-electron chi connectivity index (χ3n) is 4.05. The molecule has 0 saturated carbocycles. The molecule has 2 atom stereocenters. The summed E-state index contributed by atoms with van der Waals surface area (Å²) < 4.78 is 0. The van der Waals surface area contributed by atoms with E-state index in [9.17, 15) is 4.79 Å². The fraction of sp³-hybridized carbons (Fsp3) is 0.364. The Labute approximate surface area is 155 Å². The molecule has 1 aromatic rings. The highest BCUT2D eigenvalue weighted by Crippen LogP contribution is 2.33. The van der Waals surface area contributed by atoms with Gasteiger partial charge in [0.15, 0.2) is 5.78 Å². The molecule has 0 fully saturated rings. The topological polar surface area (TPSA) is 29.4 Å². The maximum absolute atomic E-state index is 13.1. The lowest BCUT2D eigenvalue weighted by atomic mass is 9.79. The maximum atomic E-state index is 13.1. The minimum absolute atomic E-state index is 0.00484. The number of ketones is 1. The molecule has 0 N–H and O–H groups in total. The second-order valence-electron chi connectivity index (χ2n) is 7.42. The molecule has 0 spiro atoms. The summed E-state index contributed by atoms with van der Waals surface area (Å²) in [7, 11) is 0. The SMILES string of the molecule is CC(C)(C)C#CC=CCC(C(=O)c1ccccc1Cl)C1(C)C=CC=N1. The average Bonchev–Trinajstić information content (AvgIpc) is 2.97. The van der Waals surface area contributed by atoms with E-state index in [1.165, 1.54) is 0 Å². The van der Waals surface area contributed by atoms with Gasteiger partial charge in [-0.1, -0.05) is 47.7 Å². The minimum Gasteiger partial charge on any atom is -0.294 e. The van der Waals surface area contributed by atoms with Crippen molar-refractivity contribution in [3.05, 3.63) is 59.2 Å². The number of Topliss-reactive ketones (excluding diaryl/α,β-unsaturated/α-hetero) is 1. The van der Waals surface area contributed by atoms with Gasteiger partial charge in [-0.15, -0.1) is 0 Å². The molecule has 1 aromatic carbocycles. The van der Waals surface area contributed by atoms with Crippen LogP contribution in [0.15, 0.2) is 53.6 Å². The third-order valence-corrected chi connectivity index (χ3v) is 4.38. The zero-order valence-corrected chi connectivity index (χ0v) is 16.0. The highest BCUT2D eigenvalue weighted by atomic mass is 35.5. The summed E-state index contributed by atoms with van der Waals surface area (Å²) in [6, 6.07) is 7.17.